The molecule has 0 atom stereocenters. The summed E-state index contributed by atoms with van der Waals surface area (Å²) in [6, 6.07) is 30.8. The van der Waals surface area contributed by atoms with Gasteiger partial charge in [-0.3, -0.25) is 0 Å². The molecule has 3 aromatic carbocycles. The Labute approximate surface area is 175 Å². The minimum Gasteiger partial charge on any atom is -0.478 e. The first-order chi connectivity index (χ1) is 14.6. The van der Waals surface area contributed by atoms with Crippen LogP contribution in [0.2, 0.25) is 0 Å². The predicted molar refractivity (Wildman–Crippen MR) is 118 cm³/mol. The predicted octanol–water partition coefficient (Wildman–Crippen LogP) is 5.21. The van der Waals surface area contributed by atoms with E-state index >= 15 is 0 Å². The van der Waals surface area contributed by atoms with Gasteiger partial charge in [-0.15, -0.1) is 0 Å². The minimum absolute atomic E-state index is 0.241. The number of nitrogens with zero attached hydrogens (tertiary/aromatic N) is 2. The highest BCUT2D eigenvalue weighted by molar-refractivity contribution is 5.91. The van der Waals surface area contributed by atoms with E-state index in [0.29, 0.717) is 5.69 Å². The molecule has 4 rings (SSSR count). The molecule has 0 saturated carbocycles. The lowest BCUT2D eigenvalue weighted by Crippen LogP contribution is -2.36. The summed E-state index contributed by atoms with van der Waals surface area (Å²) in [5.74, 6) is -0.954. The van der Waals surface area contributed by atoms with Crippen molar-refractivity contribution in [2.45, 2.75) is 12.5 Å². The Bertz CT molecular complexity index is 1070. The fourth-order valence-corrected chi connectivity index (χ4v) is 3.86. The number of hydrogen-bond donors (Lipinski definition) is 1. The number of rotatable bonds is 6. The largest absolute Gasteiger partial charge is 0.478 e. The highest BCUT2D eigenvalue weighted by atomic mass is 16.4. The second kappa shape index (κ2) is 8.21. The summed E-state index contributed by atoms with van der Waals surface area (Å²) in [4.78, 5) is 15.8. The van der Waals surface area contributed by atoms with Gasteiger partial charge in [0.1, 0.15) is 5.54 Å². The van der Waals surface area contributed by atoms with Crippen LogP contribution in [0.3, 0.4) is 0 Å². The van der Waals surface area contributed by atoms with Gasteiger partial charge in [0, 0.05) is 11.8 Å². The first-order valence-corrected chi connectivity index (χ1v) is 9.75. The number of aliphatic carboxylic acids is 1. The van der Waals surface area contributed by atoms with Gasteiger partial charge in [-0.2, -0.15) is 0 Å². The average Bonchev–Trinajstić information content (AvgIpc) is 3.25. The Balaban J connectivity index is 2.03. The lowest BCUT2D eigenvalue weighted by atomic mass is 9.77. The SMILES string of the molecule is CC(=Cc1cn(C(c2ccccc2)(c2ccccc2)c2ccccc2)cn1)C(=O)O. The van der Waals surface area contributed by atoms with Crippen LogP contribution in [0.4, 0.5) is 0 Å². The maximum Gasteiger partial charge on any atom is 0.331 e. The molecule has 4 aromatic rings. The van der Waals surface area contributed by atoms with E-state index in [4.69, 9.17) is 0 Å². The molecule has 4 nitrogen and oxygen atoms in total. The number of carbonyl (C=O) groups is 1. The number of aromatic nitrogens is 2. The van der Waals surface area contributed by atoms with Gasteiger partial charge < -0.3 is 9.67 Å². The molecule has 0 spiro atoms. The number of carboxylic acids is 1. The standard InChI is InChI=1S/C26H22N2O2/c1-20(25(29)30)17-24-18-28(19-27-24)26(21-11-5-2-6-12-21,22-13-7-3-8-14-22)23-15-9-4-10-16-23/h2-19H,1H3,(H,29,30). The Morgan fingerprint density at radius 3 is 1.67 bits per heavy atom. The summed E-state index contributed by atoms with van der Waals surface area (Å²) in [6.07, 6.45) is 5.26. The fraction of sp³-hybridized carbons (Fsp3) is 0.0769. The van der Waals surface area contributed by atoms with E-state index in [2.05, 4.69) is 45.9 Å². The zero-order valence-electron chi connectivity index (χ0n) is 16.6. The van der Waals surface area contributed by atoms with Gasteiger partial charge in [-0.05, 0) is 29.7 Å². The first kappa shape index (κ1) is 19.4. The number of carboxylic acid groups (broad SMARTS) is 1. The quantitative estimate of drug-likeness (QED) is 0.361. The molecule has 0 unspecified atom stereocenters. The Morgan fingerprint density at radius 1 is 0.833 bits per heavy atom. The van der Waals surface area contributed by atoms with Crippen molar-refractivity contribution in [1.82, 2.24) is 9.55 Å². The maximum atomic E-state index is 11.3. The van der Waals surface area contributed by atoms with Crippen LogP contribution in [0.1, 0.15) is 29.3 Å². The third-order valence-corrected chi connectivity index (χ3v) is 5.27. The monoisotopic (exact) mass is 394 g/mol. The van der Waals surface area contributed by atoms with Gasteiger partial charge in [0.25, 0.3) is 0 Å². The van der Waals surface area contributed by atoms with Crippen molar-refractivity contribution < 1.29 is 9.90 Å². The molecule has 1 heterocycles. The molecule has 148 valence electrons. The molecule has 0 fully saturated rings. The summed E-state index contributed by atoms with van der Waals surface area (Å²) >= 11 is 0. The van der Waals surface area contributed by atoms with Crippen LogP contribution < -0.4 is 0 Å². The molecule has 0 aliphatic heterocycles. The topological polar surface area (TPSA) is 55.1 Å². The minimum atomic E-state index is -0.954. The van der Waals surface area contributed by atoms with Crippen LogP contribution in [-0.2, 0) is 10.3 Å². The summed E-state index contributed by atoms with van der Waals surface area (Å²) in [6.45, 7) is 1.57. The van der Waals surface area contributed by atoms with Crippen LogP contribution in [0, 0.1) is 0 Å². The number of benzene rings is 3. The first-order valence-electron chi connectivity index (χ1n) is 9.75. The zero-order chi connectivity index (χ0) is 21.0. The van der Waals surface area contributed by atoms with E-state index in [1.807, 2.05) is 60.8 Å². The van der Waals surface area contributed by atoms with E-state index in [9.17, 15) is 9.90 Å². The molecule has 0 radical (unpaired) electrons. The summed E-state index contributed by atoms with van der Waals surface area (Å²) < 4.78 is 2.06. The normalized spacial score (nSPS) is 12.0. The number of hydrogen-bond acceptors (Lipinski definition) is 2. The van der Waals surface area contributed by atoms with Crippen LogP contribution in [0.5, 0.6) is 0 Å². The number of imidazole rings is 1. The Morgan fingerprint density at radius 2 is 1.27 bits per heavy atom. The molecule has 1 N–H and O–H groups in total. The van der Waals surface area contributed by atoms with E-state index in [1.54, 1.807) is 19.3 Å². The van der Waals surface area contributed by atoms with Crippen molar-refractivity contribution in [1.29, 1.82) is 0 Å². The average molecular weight is 394 g/mol. The zero-order valence-corrected chi connectivity index (χ0v) is 16.6. The van der Waals surface area contributed by atoms with E-state index in [1.165, 1.54) is 0 Å². The maximum absolute atomic E-state index is 11.3. The van der Waals surface area contributed by atoms with Crippen LogP contribution >= 0.6 is 0 Å². The van der Waals surface area contributed by atoms with Crippen LogP contribution in [0.15, 0.2) is 109 Å². The molecule has 0 saturated heterocycles. The van der Waals surface area contributed by atoms with Gasteiger partial charge in [0.2, 0.25) is 0 Å². The third kappa shape index (κ3) is 3.44. The van der Waals surface area contributed by atoms with Crippen molar-refractivity contribution in [2.24, 2.45) is 0 Å². The lowest BCUT2D eigenvalue weighted by molar-refractivity contribution is -0.132. The smallest absolute Gasteiger partial charge is 0.331 e. The molecule has 4 heteroatoms. The Hall–Kier alpha value is -3.92. The molecular weight excluding hydrogens is 372 g/mol. The van der Waals surface area contributed by atoms with Gasteiger partial charge in [-0.25, -0.2) is 9.78 Å². The van der Waals surface area contributed by atoms with Crippen molar-refractivity contribution in [3.63, 3.8) is 0 Å². The van der Waals surface area contributed by atoms with Crippen molar-refractivity contribution >= 4 is 12.0 Å². The van der Waals surface area contributed by atoms with Crippen molar-refractivity contribution in [3.8, 4) is 0 Å². The summed E-state index contributed by atoms with van der Waals surface area (Å²) in [7, 11) is 0. The van der Waals surface area contributed by atoms with E-state index in [-0.39, 0.29) is 5.57 Å². The van der Waals surface area contributed by atoms with Crippen LogP contribution in [-0.4, -0.2) is 20.6 Å². The molecule has 0 aliphatic carbocycles. The van der Waals surface area contributed by atoms with Crippen molar-refractivity contribution in [3.05, 3.63) is 131 Å². The van der Waals surface area contributed by atoms with Crippen LogP contribution in [0.25, 0.3) is 6.08 Å². The molecule has 30 heavy (non-hydrogen) atoms. The highest BCUT2D eigenvalue weighted by Crippen LogP contribution is 2.40. The highest BCUT2D eigenvalue weighted by Gasteiger charge is 2.38. The molecule has 1 aromatic heterocycles. The summed E-state index contributed by atoms with van der Waals surface area (Å²) in [5, 5.41) is 9.24. The van der Waals surface area contributed by atoms with Crippen molar-refractivity contribution in [2.75, 3.05) is 0 Å². The fourth-order valence-electron chi connectivity index (χ4n) is 3.86. The molecular formula is C26H22N2O2. The molecule has 0 aliphatic rings. The molecule has 0 bridgehead atoms. The summed E-state index contributed by atoms with van der Waals surface area (Å²) in [5.41, 5.74) is 3.45. The van der Waals surface area contributed by atoms with Gasteiger partial charge in [0.05, 0.1) is 12.0 Å². The Kier molecular flexibility index (Phi) is 5.31. The van der Waals surface area contributed by atoms with Gasteiger partial charge >= 0.3 is 5.97 Å². The van der Waals surface area contributed by atoms with Gasteiger partial charge in [-0.1, -0.05) is 91.0 Å². The molecule has 0 amide bonds. The third-order valence-electron chi connectivity index (χ3n) is 5.27. The second-order valence-electron chi connectivity index (χ2n) is 7.15. The van der Waals surface area contributed by atoms with E-state index in [0.717, 1.165) is 16.7 Å². The lowest BCUT2D eigenvalue weighted by Gasteiger charge is -2.37. The van der Waals surface area contributed by atoms with E-state index < -0.39 is 11.5 Å². The van der Waals surface area contributed by atoms with Gasteiger partial charge in [0.15, 0.2) is 0 Å². The second-order valence-corrected chi connectivity index (χ2v) is 7.15.